The molecule has 2 rings (SSSR count). The van der Waals surface area contributed by atoms with Gasteiger partial charge >= 0.3 is 0 Å². The molecule has 0 atom stereocenters. The van der Waals surface area contributed by atoms with Crippen molar-refractivity contribution in [1.29, 1.82) is 0 Å². The van der Waals surface area contributed by atoms with Gasteiger partial charge < -0.3 is 10.8 Å². The third kappa shape index (κ3) is 1.70. The summed E-state index contributed by atoms with van der Waals surface area (Å²) in [5, 5.41) is 16.5. The summed E-state index contributed by atoms with van der Waals surface area (Å²) in [6.45, 7) is 1.91. The molecule has 15 heavy (non-hydrogen) atoms. The van der Waals surface area contributed by atoms with Crippen molar-refractivity contribution < 1.29 is 5.11 Å². The van der Waals surface area contributed by atoms with Crippen LogP contribution in [0.4, 0.5) is 5.82 Å². The number of hydrogen-bond acceptors (Lipinski definition) is 3. The van der Waals surface area contributed by atoms with Crippen LogP contribution in [0.25, 0.3) is 11.3 Å². The van der Waals surface area contributed by atoms with Crippen molar-refractivity contribution in [3.05, 3.63) is 28.2 Å². The quantitative estimate of drug-likeness (QED) is 0.743. The van der Waals surface area contributed by atoms with Gasteiger partial charge in [0, 0.05) is 11.6 Å². The Kier molecular flexibility index (Phi) is 2.40. The summed E-state index contributed by atoms with van der Waals surface area (Å²) < 4.78 is 0.688. The largest absolute Gasteiger partial charge is 0.506 e. The van der Waals surface area contributed by atoms with Gasteiger partial charge in [0.05, 0.1) is 10.2 Å². The van der Waals surface area contributed by atoms with Crippen molar-refractivity contribution in [3.63, 3.8) is 0 Å². The number of phenolic OH excluding ortho intramolecular Hbond substituents is 1. The number of nitrogens with zero attached hydrogens (tertiary/aromatic N) is 1. The minimum Gasteiger partial charge on any atom is -0.506 e. The van der Waals surface area contributed by atoms with Gasteiger partial charge in [-0.15, -0.1) is 0 Å². The van der Waals surface area contributed by atoms with Crippen LogP contribution in [0.15, 0.2) is 22.7 Å². The van der Waals surface area contributed by atoms with Crippen LogP contribution in [0.3, 0.4) is 0 Å². The molecule has 1 heterocycles. The maximum absolute atomic E-state index is 9.91. The standard InChI is InChI=1S/C10H10BrN3O/c1-5-2-3-6(10(15)9(5)11)7-4-8(12)14-13-7/h2-4,15H,1H3,(H3,12,13,14). The topological polar surface area (TPSA) is 74.9 Å². The molecule has 0 fully saturated rings. The first kappa shape index (κ1) is 10.0. The molecule has 0 radical (unpaired) electrons. The zero-order valence-electron chi connectivity index (χ0n) is 8.08. The van der Waals surface area contributed by atoms with Crippen molar-refractivity contribution in [1.82, 2.24) is 10.2 Å². The summed E-state index contributed by atoms with van der Waals surface area (Å²) in [5.41, 5.74) is 7.85. The molecule has 0 aliphatic carbocycles. The average molecular weight is 268 g/mol. The molecule has 5 heteroatoms. The number of nitrogen functional groups attached to an aromatic ring is 1. The maximum atomic E-state index is 9.91. The zero-order chi connectivity index (χ0) is 11.0. The van der Waals surface area contributed by atoms with Crippen molar-refractivity contribution in [2.75, 3.05) is 5.73 Å². The Morgan fingerprint density at radius 3 is 2.80 bits per heavy atom. The van der Waals surface area contributed by atoms with Crippen LogP contribution in [0.2, 0.25) is 0 Å². The molecule has 0 aliphatic heterocycles. The summed E-state index contributed by atoms with van der Waals surface area (Å²) in [6.07, 6.45) is 0. The van der Waals surface area contributed by atoms with Crippen LogP contribution >= 0.6 is 15.9 Å². The van der Waals surface area contributed by atoms with Gasteiger partial charge in [-0.25, -0.2) is 0 Å². The highest BCUT2D eigenvalue weighted by Crippen LogP contribution is 2.36. The molecule has 1 aromatic carbocycles. The lowest BCUT2D eigenvalue weighted by atomic mass is 10.1. The zero-order valence-corrected chi connectivity index (χ0v) is 9.67. The van der Waals surface area contributed by atoms with Crippen molar-refractivity contribution in [3.8, 4) is 17.0 Å². The lowest BCUT2D eigenvalue weighted by molar-refractivity contribution is 0.473. The van der Waals surface area contributed by atoms with Gasteiger partial charge in [0.25, 0.3) is 0 Å². The number of halogens is 1. The van der Waals surface area contributed by atoms with E-state index in [4.69, 9.17) is 5.73 Å². The number of nitrogens with two attached hydrogens (primary N) is 1. The predicted octanol–water partition coefficient (Wildman–Crippen LogP) is 2.44. The normalized spacial score (nSPS) is 10.5. The minimum absolute atomic E-state index is 0.193. The second-order valence-corrected chi connectivity index (χ2v) is 4.09. The SMILES string of the molecule is Cc1ccc(-c2cc(N)n[nH]2)c(O)c1Br. The van der Waals surface area contributed by atoms with Crippen LogP contribution < -0.4 is 5.73 Å². The van der Waals surface area contributed by atoms with Gasteiger partial charge in [-0.2, -0.15) is 5.10 Å². The number of nitrogens with one attached hydrogen (secondary N) is 1. The predicted molar refractivity (Wildman–Crippen MR) is 62.5 cm³/mol. The first-order chi connectivity index (χ1) is 7.09. The molecule has 4 N–H and O–H groups in total. The third-order valence-electron chi connectivity index (χ3n) is 2.20. The molecule has 4 nitrogen and oxygen atoms in total. The van der Waals surface area contributed by atoms with E-state index in [1.54, 1.807) is 6.07 Å². The fourth-order valence-electron chi connectivity index (χ4n) is 1.36. The summed E-state index contributed by atoms with van der Waals surface area (Å²) in [7, 11) is 0. The molecule has 0 amide bonds. The van der Waals surface area contributed by atoms with E-state index in [9.17, 15) is 5.11 Å². The van der Waals surface area contributed by atoms with E-state index in [0.717, 1.165) is 5.56 Å². The molecule has 1 aromatic heterocycles. The number of aromatic amines is 1. The first-order valence-corrected chi connectivity index (χ1v) is 5.18. The average Bonchev–Trinajstić information content (AvgIpc) is 2.61. The van der Waals surface area contributed by atoms with Gasteiger partial charge in [0.1, 0.15) is 11.6 Å². The van der Waals surface area contributed by atoms with E-state index in [1.807, 2.05) is 19.1 Å². The van der Waals surface area contributed by atoms with Gasteiger partial charge in [0.2, 0.25) is 0 Å². The molecule has 0 saturated carbocycles. The molecule has 78 valence electrons. The highest BCUT2D eigenvalue weighted by atomic mass is 79.9. The molecule has 0 spiro atoms. The Bertz CT molecular complexity index is 507. The summed E-state index contributed by atoms with van der Waals surface area (Å²) in [5.74, 6) is 0.597. The van der Waals surface area contributed by atoms with E-state index in [0.29, 0.717) is 21.5 Å². The van der Waals surface area contributed by atoms with Crippen molar-refractivity contribution in [2.24, 2.45) is 0 Å². The van der Waals surface area contributed by atoms with E-state index in [2.05, 4.69) is 26.1 Å². The smallest absolute Gasteiger partial charge is 0.145 e. The van der Waals surface area contributed by atoms with Gasteiger partial charge in [-0.3, -0.25) is 5.10 Å². The number of rotatable bonds is 1. The van der Waals surface area contributed by atoms with Crippen LogP contribution in [-0.4, -0.2) is 15.3 Å². The Labute approximate surface area is 95.3 Å². The van der Waals surface area contributed by atoms with Crippen molar-refractivity contribution in [2.45, 2.75) is 6.92 Å². The Balaban J connectivity index is 2.59. The fraction of sp³-hybridized carbons (Fsp3) is 0.100. The molecule has 0 aliphatic rings. The van der Waals surface area contributed by atoms with Crippen molar-refractivity contribution >= 4 is 21.7 Å². The number of H-pyrrole nitrogens is 1. The number of anilines is 1. The van der Waals surface area contributed by atoms with Gasteiger partial charge in [-0.05, 0) is 34.5 Å². The van der Waals surface area contributed by atoms with E-state index in [-0.39, 0.29) is 5.75 Å². The number of phenols is 1. The van der Waals surface area contributed by atoms with Gasteiger partial charge in [0.15, 0.2) is 0 Å². The molecule has 2 aromatic rings. The van der Waals surface area contributed by atoms with E-state index >= 15 is 0 Å². The van der Waals surface area contributed by atoms with E-state index in [1.165, 1.54) is 0 Å². The second kappa shape index (κ2) is 3.58. The summed E-state index contributed by atoms with van der Waals surface area (Å²) in [6, 6.07) is 5.41. The maximum Gasteiger partial charge on any atom is 0.145 e. The van der Waals surface area contributed by atoms with Crippen LogP contribution in [0.5, 0.6) is 5.75 Å². The Hall–Kier alpha value is -1.49. The Morgan fingerprint density at radius 1 is 1.47 bits per heavy atom. The second-order valence-electron chi connectivity index (χ2n) is 3.30. The lowest BCUT2D eigenvalue weighted by Gasteiger charge is -2.06. The highest BCUT2D eigenvalue weighted by molar-refractivity contribution is 9.10. The molecule has 0 bridgehead atoms. The van der Waals surface area contributed by atoms with Crippen LogP contribution in [0.1, 0.15) is 5.56 Å². The number of aryl methyl sites for hydroxylation is 1. The first-order valence-electron chi connectivity index (χ1n) is 4.39. The Morgan fingerprint density at radius 2 is 2.20 bits per heavy atom. The lowest BCUT2D eigenvalue weighted by Crippen LogP contribution is -1.83. The van der Waals surface area contributed by atoms with Gasteiger partial charge in [-0.1, -0.05) is 6.07 Å². The highest BCUT2D eigenvalue weighted by Gasteiger charge is 2.11. The molecule has 0 unspecified atom stereocenters. The third-order valence-corrected chi connectivity index (χ3v) is 3.20. The molecular formula is C10H10BrN3O. The fourth-order valence-corrected chi connectivity index (χ4v) is 1.70. The number of aromatic nitrogens is 2. The van der Waals surface area contributed by atoms with Crippen LogP contribution in [-0.2, 0) is 0 Å². The summed E-state index contributed by atoms with van der Waals surface area (Å²) in [4.78, 5) is 0. The molecular weight excluding hydrogens is 258 g/mol. The number of hydrogen-bond donors (Lipinski definition) is 3. The molecule has 0 saturated heterocycles. The minimum atomic E-state index is 0.193. The number of benzene rings is 1. The number of aromatic hydroxyl groups is 1. The monoisotopic (exact) mass is 267 g/mol. The van der Waals surface area contributed by atoms with E-state index < -0.39 is 0 Å². The van der Waals surface area contributed by atoms with Crippen LogP contribution in [0, 0.1) is 6.92 Å². The summed E-state index contributed by atoms with van der Waals surface area (Å²) >= 11 is 3.32.